The van der Waals surface area contributed by atoms with E-state index in [1.165, 1.54) is 12.3 Å². The largest absolute Gasteiger partial charge is 0.490 e. The minimum atomic E-state index is -5.80. The van der Waals surface area contributed by atoms with E-state index >= 15 is 0 Å². The first-order valence-corrected chi connectivity index (χ1v) is 30.3. The summed E-state index contributed by atoms with van der Waals surface area (Å²) in [4.78, 5) is 111. The van der Waals surface area contributed by atoms with Crippen molar-refractivity contribution in [1.82, 2.24) is 30.5 Å². The third-order valence-electron chi connectivity index (χ3n) is 12.3. The molecule has 3 aromatic heterocycles. The molecule has 6 aromatic rings. The number of fused-ring (bicyclic) bond motifs is 2. The number of aromatic nitrogens is 3. The van der Waals surface area contributed by atoms with Gasteiger partial charge in [0.15, 0.2) is 5.58 Å². The summed E-state index contributed by atoms with van der Waals surface area (Å²) in [6.45, 7) is 4.29. The predicted octanol–water partition coefficient (Wildman–Crippen LogP) is 2.70. The summed E-state index contributed by atoms with van der Waals surface area (Å²) in [6.07, 6.45) is -1.49. The highest BCUT2D eigenvalue weighted by molar-refractivity contribution is 7.66. The Morgan fingerprint density at radius 1 is 0.869 bits per heavy atom. The number of rotatable bonds is 29. The van der Waals surface area contributed by atoms with E-state index in [9.17, 15) is 47.5 Å². The number of carbonyl (C=O) groups excluding carboxylic acids is 3. The van der Waals surface area contributed by atoms with Crippen molar-refractivity contribution in [3.8, 4) is 29.0 Å². The number of nitrogens with two attached hydrogens (primary N) is 3. The molecule has 1 saturated heterocycles. The molecule has 0 aliphatic carbocycles. The first-order valence-electron chi connectivity index (χ1n) is 25.7. The molecule has 4 heterocycles. The lowest BCUT2D eigenvalue weighted by atomic mass is 10.1. The van der Waals surface area contributed by atoms with Crippen LogP contribution in [0.4, 0.5) is 11.5 Å². The van der Waals surface area contributed by atoms with Gasteiger partial charge in [0, 0.05) is 67.1 Å². The molecule has 452 valence electrons. The first kappa shape index (κ1) is 64.4. The molecule has 0 radical (unpaired) electrons. The number of nitrogens with zero attached hydrogens (tertiary/aromatic N) is 4. The zero-order valence-electron chi connectivity index (χ0n) is 45.0. The molecule has 6 atom stereocenters. The van der Waals surface area contributed by atoms with Gasteiger partial charge in [0.25, 0.3) is 11.8 Å². The number of hydrogen-bond donors (Lipinski definition) is 10. The van der Waals surface area contributed by atoms with Gasteiger partial charge < -0.3 is 85.4 Å². The Balaban J connectivity index is 0.780. The lowest BCUT2D eigenvalue weighted by Gasteiger charge is -2.21. The smallest absolute Gasteiger partial charge is 0.489 e. The van der Waals surface area contributed by atoms with E-state index in [0.717, 1.165) is 23.3 Å². The first-order chi connectivity index (χ1) is 39.9. The van der Waals surface area contributed by atoms with Gasteiger partial charge in [-0.25, -0.2) is 28.3 Å². The molecule has 34 heteroatoms. The summed E-state index contributed by atoms with van der Waals surface area (Å²) < 4.78 is 81.6. The van der Waals surface area contributed by atoms with Crippen LogP contribution in [0.2, 0.25) is 0 Å². The van der Waals surface area contributed by atoms with Crippen molar-refractivity contribution in [3.05, 3.63) is 111 Å². The van der Waals surface area contributed by atoms with Crippen molar-refractivity contribution in [2.24, 2.45) is 11.5 Å². The number of amides is 3. The number of phosphoric acid groups is 3. The highest BCUT2D eigenvalue weighted by atomic mass is 31.3. The van der Waals surface area contributed by atoms with Crippen LogP contribution in [0.25, 0.3) is 33.5 Å². The van der Waals surface area contributed by atoms with Crippen molar-refractivity contribution in [2.75, 3.05) is 69.9 Å². The summed E-state index contributed by atoms with van der Waals surface area (Å²) in [6, 6.07) is 18.6. The summed E-state index contributed by atoms with van der Waals surface area (Å²) in [7, 11) is -17.0. The number of ether oxygens (including phenoxy) is 4. The monoisotopic (exact) mass is 1230 g/mol. The van der Waals surface area contributed by atoms with E-state index < -0.39 is 85.3 Å². The molecular weight excluding hydrogens is 1170 g/mol. The fourth-order valence-corrected chi connectivity index (χ4v) is 11.3. The molecule has 1 fully saturated rings. The second-order valence-electron chi connectivity index (χ2n) is 18.2. The Kier molecular flexibility index (Phi) is 22.3. The summed E-state index contributed by atoms with van der Waals surface area (Å²) in [5, 5.41) is 8.97. The third kappa shape index (κ3) is 18.4. The van der Waals surface area contributed by atoms with Gasteiger partial charge in [-0.2, -0.15) is 13.6 Å². The van der Waals surface area contributed by atoms with Crippen LogP contribution in [0.15, 0.2) is 91.4 Å². The molecule has 0 bridgehead atoms. The van der Waals surface area contributed by atoms with Crippen molar-refractivity contribution in [3.63, 3.8) is 0 Å². The average Bonchev–Trinajstić information content (AvgIpc) is 2.91. The number of hydrogen-bond acceptors (Lipinski definition) is 23. The highest BCUT2D eigenvalue weighted by Gasteiger charge is 2.44. The number of benzene rings is 3. The zero-order valence-corrected chi connectivity index (χ0v) is 47.7. The molecule has 4 unspecified atom stereocenters. The fraction of sp³-hybridized carbons (Fsp3) is 0.380. The Hall–Kier alpha value is -7.20. The Morgan fingerprint density at radius 2 is 1.60 bits per heavy atom. The number of nitrogens with one attached hydrogen (secondary N) is 3. The van der Waals surface area contributed by atoms with Gasteiger partial charge in [0.05, 0.1) is 31.5 Å². The molecule has 3 amide bonds. The normalized spacial score (nSPS) is 16.9. The maximum Gasteiger partial charge on any atom is 0.490 e. The maximum absolute atomic E-state index is 13.0. The van der Waals surface area contributed by atoms with Crippen LogP contribution in [0.3, 0.4) is 0 Å². The zero-order chi connectivity index (χ0) is 60.8. The summed E-state index contributed by atoms with van der Waals surface area (Å²) >= 11 is 0. The van der Waals surface area contributed by atoms with Gasteiger partial charge in [-0.3, -0.25) is 23.5 Å². The molecular formula is C50H61N10O21P3. The highest BCUT2D eigenvalue weighted by Crippen LogP contribution is 2.66. The van der Waals surface area contributed by atoms with E-state index in [1.807, 2.05) is 18.2 Å². The SMILES string of the molecule is CCN(CC)c1ccc2cc(-c3nc4cc(C(=O)NCCCCCNC(=O)c5cccc(OCC(N)OCC(=O)NCC#Cc6cn([C@H]7C[C@@H](OCN)C(COP(=O)(O)OP(=O)(O)OP(=O)(O)O)O7)c(=O)nc6N)c5)ccc4o3)c(=O)oc2c1. The van der Waals surface area contributed by atoms with Crippen LogP contribution in [-0.4, -0.2) is 130 Å². The number of carbonyl (C=O) groups is 3. The molecule has 84 heavy (non-hydrogen) atoms. The molecule has 3 aromatic carbocycles. The van der Waals surface area contributed by atoms with Crippen LogP contribution in [0.5, 0.6) is 5.75 Å². The van der Waals surface area contributed by atoms with Crippen molar-refractivity contribution in [2.45, 2.75) is 64.2 Å². The van der Waals surface area contributed by atoms with Gasteiger partial charge in [0.2, 0.25) is 11.8 Å². The van der Waals surface area contributed by atoms with Crippen molar-refractivity contribution in [1.29, 1.82) is 0 Å². The van der Waals surface area contributed by atoms with Crippen LogP contribution < -0.4 is 54.1 Å². The van der Waals surface area contributed by atoms with E-state index in [0.29, 0.717) is 71.3 Å². The maximum atomic E-state index is 13.0. The van der Waals surface area contributed by atoms with Gasteiger partial charge >= 0.3 is 34.8 Å². The topological polar surface area (TPSA) is 456 Å². The molecule has 13 N–H and O–H groups in total. The van der Waals surface area contributed by atoms with E-state index in [2.05, 4.69) is 69.7 Å². The van der Waals surface area contributed by atoms with Crippen molar-refractivity contribution >= 4 is 74.8 Å². The summed E-state index contributed by atoms with van der Waals surface area (Å²) in [5.74, 6) is 4.18. The summed E-state index contributed by atoms with van der Waals surface area (Å²) in [5.41, 5.74) is 19.0. The number of anilines is 2. The minimum Gasteiger partial charge on any atom is -0.489 e. The number of nitrogen functional groups attached to an aromatic ring is 1. The van der Waals surface area contributed by atoms with Crippen LogP contribution in [0.1, 0.15) is 72.0 Å². The molecule has 1 aliphatic rings. The molecule has 0 spiro atoms. The predicted molar refractivity (Wildman–Crippen MR) is 298 cm³/mol. The Labute approximate surface area is 477 Å². The minimum absolute atomic E-state index is 0.0205. The quantitative estimate of drug-likeness (QED) is 0.0106. The fourth-order valence-electron chi connectivity index (χ4n) is 8.30. The van der Waals surface area contributed by atoms with Crippen LogP contribution >= 0.6 is 23.5 Å². The lowest BCUT2D eigenvalue weighted by Crippen LogP contribution is -2.36. The van der Waals surface area contributed by atoms with Crippen molar-refractivity contribution < 1.29 is 88.6 Å². The number of unbranched alkanes of at least 4 members (excludes halogenated alkanes) is 2. The van der Waals surface area contributed by atoms with E-state index in [4.69, 9.17) is 54.8 Å². The Bertz CT molecular complexity index is 3670. The van der Waals surface area contributed by atoms with Gasteiger partial charge in [0.1, 0.15) is 60.0 Å². The molecule has 7 rings (SSSR count). The average molecular weight is 1230 g/mol. The molecule has 1 aliphatic heterocycles. The Morgan fingerprint density at radius 3 is 2.30 bits per heavy atom. The lowest BCUT2D eigenvalue weighted by molar-refractivity contribution is -0.128. The number of oxazole rings is 1. The standard InChI is InChI=1S/C50H61N10O21P3/c1-3-59(4-2)34-15-13-30-21-36(49(64)79-39(30)23-34)48-57-37-22-32(14-16-38(37)78-48)47(63)56-18-7-5-6-17-55-46(62)31-10-8-12-35(20-31)73-27-42(52)74-28-43(61)54-19-9-11-33-25-60(50(65)58-45(33)53)44-24-40(75-29-51)41(77-44)26-76-83(69,70)81-84(71,72)80-82(66,67)68/h8,10,12-16,20-23,25,40-42,44H,3-7,17-19,24,26-29,51-52H2,1-2H3,(H,54,61)(H,55,62)(H,56,63)(H,69,70)(H,71,72)(H2,53,58,65)(H2,66,67,68)/t40-,41?,42?,44-/m1/s1. The molecule has 31 nitrogen and oxygen atoms in total. The van der Waals surface area contributed by atoms with Gasteiger partial charge in [-0.05, 0) is 87.7 Å². The van der Waals surface area contributed by atoms with Crippen LogP contribution in [-0.2, 0) is 45.8 Å². The van der Waals surface area contributed by atoms with Gasteiger partial charge in [-0.15, -0.1) is 0 Å². The third-order valence-corrected chi connectivity index (χ3v) is 16.1. The van der Waals surface area contributed by atoms with E-state index in [1.54, 1.807) is 42.5 Å². The van der Waals surface area contributed by atoms with Gasteiger partial charge in [-0.1, -0.05) is 17.9 Å². The van der Waals surface area contributed by atoms with E-state index in [-0.39, 0.29) is 54.2 Å². The second kappa shape index (κ2) is 29.1. The number of phosphoric ester groups is 1. The van der Waals surface area contributed by atoms with Crippen LogP contribution in [0, 0.1) is 11.8 Å². The molecule has 0 saturated carbocycles. The second-order valence-corrected chi connectivity index (χ2v) is 22.7.